The first-order valence-corrected chi connectivity index (χ1v) is 7.73. The van der Waals surface area contributed by atoms with Crippen LogP contribution in [0.25, 0.3) is 0 Å². The Balaban J connectivity index is 1.88. The van der Waals surface area contributed by atoms with Crippen LogP contribution in [0, 0.1) is 0 Å². The highest BCUT2D eigenvalue weighted by molar-refractivity contribution is 7.85. The van der Waals surface area contributed by atoms with Crippen molar-refractivity contribution >= 4 is 16.7 Å². The molecule has 0 aromatic heterocycles. The summed E-state index contributed by atoms with van der Waals surface area (Å²) in [6.07, 6.45) is 0. The van der Waals surface area contributed by atoms with E-state index in [2.05, 4.69) is 0 Å². The third kappa shape index (κ3) is 3.78. The molecule has 0 radical (unpaired) electrons. The second-order valence-electron chi connectivity index (χ2n) is 4.33. The van der Waals surface area contributed by atoms with Gasteiger partial charge in [0.05, 0.1) is 0 Å². The lowest BCUT2D eigenvalue weighted by Crippen LogP contribution is -2.43. The standard InChI is InChI=1S/C13H18N2O3S/c14-9-11-3-1-2-4-12(11)18-10-13(16)15-5-7-19(17)8-6-15/h1-4H,5-10,14H2. The minimum atomic E-state index is -0.774. The molecule has 0 spiro atoms. The average Bonchev–Trinajstić information content (AvgIpc) is 2.45. The number of carbonyl (C=O) groups is 1. The van der Waals surface area contributed by atoms with E-state index >= 15 is 0 Å². The van der Waals surface area contributed by atoms with E-state index in [0.29, 0.717) is 36.9 Å². The number of para-hydroxylation sites is 1. The van der Waals surface area contributed by atoms with E-state index in [9.17, 15) is 9.00 Å². The molecule has 1 heterocycles. The predicted octanol–water partition coefficient (Wildman–Crippen LogP) is 0.115. The van der Waals surface area contributed by atoms with Gasteiger partial charge in [-0.25, -0.2) is 0 Å². The van der Waals surface area contributed by atoms with Gasteiger partial charge < -0.3 is 15.4 Å². The molecule has 0 bridgehead atoms. The Kier molecular flexibility index (Phi) is 4.93. The minimum Gasteiger partial charge on any atom is -0.483 e. The molecule has 0 saturated carbocycles. The molecular weight excluding hydrogens is 264 g/mol. The maximum atomic E-state index is 11.9. The van der Waals surface area contributed by atoms with E-state index in [-0.39, 0.29) is 12.5 Å². The molecule has 1 aromatic rings. The molecule has 2 rings (SSSR count). The highest BCUT2D eigenvalue weighted by Crippen LogP contribution is 2.17. The molecule has 2 N–H and O–H groups in total. The number of nitrogens with two attached hydrogens (primary N) is 1. The second-order valence-corrected chi connectivity index (χ2v) is 6.03. The Morgan fingerprint density at radius 3 is 2.68 bits per heavy atom. The van der Waals surface area contributed by atoms with Crippen molar-refractivity contribution in [3.05, 3.63) is 29.8 Å². The van der Waals surface area contributed by atoms with Gasteiger partial charge in [0.15, 0.2) is 6.61 Å². The number of rotatable bonds is 4. The molecule has 19 heavy (non-hydrogen) atoms. The number of amides is 1. The Morgan fingerprint density at radius 2 is 2.00 bits per heavy atom. The topological polar surface area (TPSA) is 72.6 Å². The van der Waals surface area contributed by atoms with Crippen molar-refractivity contribution in [1.29, 1.82) is 0 Å². The molecule has 1 saturated heterocycles. The predicted molar refractivity (Wildman–Crippen MR) is 74.3 cm³/mol. The monoisotopic (exact) mass is 282 g/mol. The molecule has 1 aromatic carbocycles. The van der Waals surface area contributed by atoms with Crippen LogP contribution in [-0.2, 0) is 22.1 Å². The van der Waals surface area contributed by atoms with Gasteiger partial charge in [-0.15, -0.1) is 0 Å². The summed E-state index contributed by atoms with van der Waals surface area (Å²) in [4.78, 5) is 13.6. The van der Waals surface area contributed by atoms with Crippen LogP contribution in [0.3, 0.4) is 0 Å². The van der Waals surface area contributed by atoms with Gasteiger partial charge in [0.2, 0.25) is 0 Å². The zero-order valence-corrected chi connectivity index (χ0v) is 11.5. The third-order valence-electron chi connectivity index (χ3n) is 3.07. The van der Waals surface area contributed by atoms with Gasteiger partial charge in [0.25, 0.3) is 5.91 Å². The highest BCUT2D eigenvalue weighted by Gasteiger charge is 2.20. The number of nitrogens with zero attached hydrogens (tertiary/aromatic N) is 1. The number of carbonyl (C=O) groups excluding carboxylic acids is 1. The van der Waals surface area contributed by atoms with Gasteiger partial charge in [-0.3, -0.25) is 9.00 Å². The summed E-state index contributed by atoms with van der Waals surface area (Å²) in [7, 11) is -0.774. The van der Waals surface area contributed by atoms with E-state index in [1.54, 1.807) is 11.0 Å². The minimum absolute atomic E-state index is 0.00362. The van der Waals surface area contributed by atoms with Crippen molar-refractivity contribution in [3.8, 4) is 5.75 Å². The summed E-state index contributed by atoms with van der Waals surface area (Å²) in [5.41, 5.74) is 6.49. The first kappa shape index (κ1) is 14.0. The maximum Gasteiger partial charge on any atom is 0.260 e. The lowest BCUT2D eigenvalue weighted by Gasteiger charge is -2.26. The summed E-state index contributed by atoms with van der Waals surface area (Å²) in [5.74, 6) is 1.71. The fourth-order valence-electron chi connectivity index (χ4n) is 1.93. The number of hydrogen-bond donors (Lipinski definition) is 1. The van der Waals surface area contributed by atoms with E-state index in [4.69, 9.17) is 10.5 Å². The van der Waals surface area contributed by atoms with Crippen LogP contribution in [-0.4, -0.2) is 46.2 Å². The molecule has 1 aliphatic heterocycles. The number of ether oxygens (including phenoxy) is 1. The maximum absolute atomic E-state index is 11.9. The molecule has 5 nitrogen and oxygen atoms in total. The van der Waals surface area contributed by atoms with Crippen LogP contribution in [0.2, 0.25) is 0 Å². The van der Waals surface area contributed by atoms with Crippen molar-refractivity contribution in [2.45, 2.75) is 6.54 Å². The third-order valence-corrected chi connectivity index (χ3v) is 4.35. The van der Waals surface area contributed by atoms with Gasteiger partial charge in [-0.05, 0) is 6.07 Å². The zero-order valence-electron chi connectivity index (χ0n) is 10.7. The van der Waals surface area contributed by atoms with E-state index in [0.717, 1.165) is 5.56 Å². The Hall–Kier alpha value is -1.40. The fourth-order valence-corrected chi connectivity index (χ4v) is 2.98. The quantitative estimate of drug-likeness (QED) is 0.851. The molecule has 1 amide bonds. The van der Waals surface area contributed by atoms with Crippen molar-refractivity contribution in [2.24, 2.45) is 5.73 Å². The van der Waals surface area contributed by atoms with Gasteiger partial charge in [-0.1, -0.05) is 18.2 Å². The Bertz CT molecular complexity index is 469. The Morgan fingerprint density at radius 1 is 1.32 bits per heavy atom. The van der Waals surface area contributed by atoms with E-state index < -0.39 is 10.8 Å². The molecular formula is C13H18N2O3S. The number of benzene rings is 1. The molecule has 1 fully saturated rings. The molecule has 0 atom stereocenters. The van der Waals surface area contributed by atoms with Gasteiger partial charge >= 0.3 is 0 Å². The van der Waals surface area contributed by atoms with Crippen LogP contribution < -0.4 is 10.5 Å². The van der Waals surface area contributed by atoms with Crippen LogP contribution in [0.5, 0.6) is 5.75 Å². The molecule has 1 aliphatic rings. The summed E-state index contributed by atoms with van der Waals surface area (Å²) in [5, 5.41) is 0. The Labute approximate surface area is 115 Å². The van der Waals surface area contributed by atoms with Crippen molar-refractivity contribution < 1.29 is 13.7 Å². The number of hydrogen-bond acceptors (Lipinski definition) is 4. The normalized spacial score (nSPS) is 16.4. The van der Waals surface area contributed by atoms with E-state index in [1.165, 1.54) is 0 Å². The van der Waals surface area contributed by atoms with Crippen molar-refractivity contribution in [2.75, 3.05) is 31.2 Å². The lowest BCUT2D eigenvalue weighted by atomic mass is 10.2. The second kappa shape index (κ2) is 6.68. The van der Waals surface area contributed by atoms with Gasteiger partial charge in [0.1, 0.15) is 5.75 Å². The largest absolute Gasteiger partial charge is 0.483 e. The SMILES string of the molecule is NCc1ccccc1OCC(=O)N1CCS(=O)CC1. The van der Waals surface area contributed by atoms with Crippen LogP contribution >= 0.6 is 0 Å². The lowest BCUT2D eigenvalue weighted by molar-refractivity contribution is -0.133. The zero-order chi connectivity index (χ0) is 13.7. The summed E-state index contributed by atoms with van der Waals surface area (Å²) in [6, 6.07) is 7.42. The van der Waals surface area contributed by atoms with Crippen LogP contribution in [0.4, 0.5) is 0 Å². The molecule has 104 valence electrons. The van der Waals surface area contributed by atoms with Crippen LogP contribution in [0.15, 0.2) is 24.3 Å². The highest BCUT2D eigenvalue weighted by atomic mass is 32.2. The molecule has 6 heteroatoms. The summed E-state index contributed by atoms with van der Waals surface area (Å²) in [6.45, 7) is 1.48. The average molecular weight is 282 g/mol. The fraction of sp³-hybridized carbons (Fsp3) is 0.462. The van der Waals surface area contributed by atoms with E-state index in [1.807, 2.05) is 18.2 Å². The van der Waals surface area contributed by atoms with Gasteiger partial charge in [0, 0.05) is 47.5 Å². The van der Waals surface area contributed by atoms with Gasteiger partial charge in [-0.2, -0.15) is 0 Å². The first-order valence-electron chi connectivity index (χ1n) is 6.24. The van der Waals surface area contributed by atoms with Crippen LogP contribution in [0.1, 0.15) is 5.56 Å². The summed E-state index contributed by atoms with van der Waals surface area (Å²) < 4.78 is 16.7. The summed E-state index contributed by atoms with van der Waals surface area (Å²) >= 11 is 0. The first-order chi connectivity index (χ1) is 9.20. The smallest absolute Gasteiger partial charge is 0.260 e. The van der Waals surface area contributed by atoms with Crippen molar-refractivity contribution in [3.63, 3.8) is 0 Å². The molecule has 0 unspecified atom stereocenters. The van der Waals surface area contributed by atoms with Crippen molar-refractivity contribution in [1.82, 2.24) is 4.90 Å². The molecule has 0 aliphatic carbocycles.